The summed E-state index contributed by atoms with van der Waals surface area (Å²) in [6, 6.07) is 7.14. The molecule has 0 amide bonds. The highest BCUT2D eigenvalue weighted by Crippen LogP contribution is 2.13. The van der Waals surface area contributed by atoms with E-state index in [0.717, 1.165) is 56.1 Å². The molecule has 1 saturated heterocycles. The van der Waals surface area contributed by atoms with Crippen molar-refractivity contribution in [3.63, 3.8) is 0 Å². The van der Waals surface area contributed by atoms with Crippen LogP contribution in [0, 0.1) is 0 Å². The molecule has 0 unspecified atom stereocenters. The van der Waals surface area contributed by atoms with Gasteiger partial charge in [0.05, 0.1) is 12.2 Å². The molecular weight excluding hydrogens is 354 g/mol. The molecule has 28 heavy (non-hydrogen) atoms. The molecule has 4 rings (SSSR count). The molecule has 0 aliphatic carbocycles. The average Bonchev–Trinajstić information content (AvgIpc) is 2.75. The Kier molecular flexibility index (Phi) is 5.79. The maximum Gasteiger partial charge on any atom is 0.266 e. The zero-order valence-corrected chi connectivity index (χ0v) is 15.7. The molecule has 4 heterocycles. The van der Waals surface area contributed by atoms with Gasteiger partial charge in [0, 0.05) is 81.2 Å². The van der Waals surface area contributed by atoms with Crippen LogP contribution in [0.3, 0.4) is 0 Å². The first-order chi connectivity index (χ1) is 13.8. The van der Waals surface area contributed by atoms with Gasteiger partial charge < -0.3 is 0 Å². The van der Waals surface area contributed by atoms with E-state index in [-0.39, 0.29) is 5.56 Å². The molecule has 0 saturated carbocycles. The van der Waals surface area contributed by atoms with Crippen molar-refractivity contribution in [2.45, 2.75) is 13.1 Å². The number of nitrogens with zero attached hydrogens (tertiary/aromatic N) is 7. The molecule has 1 fully saturated rings. The van der Waals surface area contributed by atoms with Crippen molar-refractivity contribution < 1.29 is 0 Å². The summed E-state index contributed by atoms with van der Waals surface area (Å²) in [4.78, 5) is 29.1. The molecule has 3 aromatic heterocycles. The van der Waals surface area contributed by atoms with E-state index in [2.05, 4.69) is 29.9 Å². The molecule has 0 radical (unpaired) electrons. The van der Waals surface area contributed by atoms with E-state index >= 15 is 0 Å². The zero-order valence-electron chi connectivity index (χ0n) is 15.7. The predicted molar refractivity (Wildman–Crippen MR) is 105 cm³/mol. The minimum atomic E-state index is -0.0690. The highest BCUT2D eigenvalue weighted by Gasteiger charge is 2.17. The predicted octanol–water partition coefficient (Wildman–Crippen LogP) is 0.913. The zero-order chi connectivity index (χ0) is 19.2. The Hall–Kier alpha value is -2.97. The van der Waals surface area contributed by atoms with E-state index in [1.165, 1.54) is 0 Å². The van der Waals surface area contributed by atoms with Crippen LogP contribution >= 0.6 is 0 Å². The van der Waals surface area contributed by atoms with E-state index in [9.17, 15) is 4.79 Å². The van der Waals surface area contributed by atoms with Crippen LogP contribution < -0.4 is 5.56 Å². The highest BCUT2D eigenvalue weighted by atomic mass is 16.1. The molecule has 1 aliphatic heterocycles. The Balaban J connectivity index is 1.31. The van der Waals surface area contributed by atoms with Gasteiger partial charge in [-0.1, -0.05) is 0 Å². The third-order valence-corrected chi connectivity index (χ3v) is 4.96. The number of piperazine rings is 1. The van der Waals surface area contributed by atoms with Crippen LogP contribution in [-0.4, -0.2) is 67.3 Å². The van der Waals surface area contributed by atoms with Crippen molar-refractivity contribution in [3.05, 3.63) is 71.3 Å². The molecule has 8 nitrogen and oxygen atoms in total. The number of aromatic nitrogens is 5. The van der Waals surface area contributed by atoms with E-state index in [1.54, 1.807) is 35.5 Å². The highest BCUT2D eigenvalue weighted by molar-refractivity contribution is 5.56. The maximum absolute atomic E-state index is 12.2. The molecule has 144 valence electrons. The molecule has 0 bridgehead atoms. The lowest BCUT2D eigenvalue weighted by Gasteiger charge is -2.34. The van der Waals surface area contributed by atoms with Gasteiger partial charge in [-0.25, -0.2) is 14.6 Å². The van der Waals surface area contributed by atoms with Crippen molar-refractivity contribution in [2.24, 2.45) is 0 Å². The van der Waals surface area contributed by atoms with Crippen LogP contribution in [-0.2, 0) is 13.1 Å². The lowest BCUT2D eigenvalue weighted by Crippen LogP contribution is -2.47. The number of rotatable bonds is 6. The maximum atomic E-state index is 12.2. The summed E-state index contributed by atoms with van der Waals surface area (Å²) >= 11 is 0. The average molecular weight is 377 g/mol. The Morgan fingerprint density at radius 1 is 0.821 bits per heavy atom. The van der Waals surface area contributed by atoms with Crippen LogP contribution in [0.15, 0.2) is 60.2 Å². The quantitative estimate of drug-likeness (QED) is 0.632. The lowest BCUT2D eigenvalue weighted by atomic mass is 10.2. The third kappa shape index (κ3) is 4.65. The Morgan fingerprint density at radius 2 is 1.54 bits per heavy atom. The summed E-state index contributed by atoms with van der Waals surface area (Å²) in [7, 11) is 0. The normalized spacial score (nSPS) is 15.6. The fourth-order valence-electron chi connectivity index (χ4n) is 3.36. The van der Waals surface area contributed by atoms with Gasteiger partial charge in [0.25, 0.3) is 5.56 Å². The number of hydrogen-bond donors (Lipinski definition) is 0. The van der Waals surface area contributed by atoms with Crippen molar-refractivity contribution in [1.29, 1.82) is 0 Å². The second-order valence-corrected chi connectivity index (χ2v) is 6.88. The van der Waals surface area contributed by atoms with Gasteiger partial charge in [-0.15, -0.1) is 0 Å². The van der Waals surface area contributed by atoms with Gasteiger partial charge in [0.15, 0.2) is 0 Å². The van der Waals surface area contributed by atoms with Gasteiger partial charge in [0.2, 0.25) is 0 Å². The Bertz CT molecular complexity index is 938. The molecule has 1 aliphatic rings. The summed E-state index contributed by atoms with van der Waals surface area (Å²) in [5.74, 6) is 0. The van der Waals surface area contributed by atoms with Crippen molar-refractivity contribution in [3.8, 4) is 11.3 Å². The van der Waals surface area contributed by atoms with Crippen molar-refractivity contribution in [2.75, 3.05) is 32.7 Å². The first kappa shape index (κ1) is 18.4. The van der Waals surface area contributed by atoms with Gasteiger partial charge >= 0.3 is 0 Å². The fourth-order valence-corrected chi connectivity index (χ4v) is 3.36. The summed E-state index contributed by atoms with van der Waals surface area (Å²) in [5.41, 5.74) is 2.82. The summed E-state index contributed by atoms with van der Waals surface area (Å²) in [6.45, 7) is 6.23. The Labute approximate surface area is 163 Å². The molecule has 0 aromatic carbocycles. The van der Waals surface area contributed by atoms with Gasteiger partial charge in [-0.05, 0) is 18.2 Å². The van der Waals surface area contributed by atoms with Crippen LogP contribution in [0.5, 0.6) is 0 Å². The van der Waals surface area contributed by atoms with Crippen molar-refractivity contribution in [1.82, 2.24) is 34.5 Å². The summed E-state index contributed by atoms with van der Waals surface area (Å²) in [5, 5.41) is 4.52. The number of pyridine rings is 1. The second kappa shape index (κ2) is 8.81. The van der Waals surface area contributed by atoms with E-state index in [0.29, 0.717) is 6.54 Å². The van der Waals surface area contributed by atoms with Crippen molar-refractivity contribution >= 4 is 0 Å². The van der Waals surface area contributed by atoms with E-state index in [4.69, 9.17) is 0 Å². The first-order valence-electron chi connectivity index (χ1n) is 9.45. The van der Waals surface area contributed by atoms with E-state index in [1.807, 2.05) is 24.5 Å². The molecule has 0 N–H and O–H groups in total. The topological polar surface area (TPSA) is 80.0 Å². The van der Waals surface area contributed by atoms with E-state index < -0.39 is 0 Å². The standard InChI is InChI=1S/C20H23N7O/c28-20-2-1-19(18-3-5-21-6-4-18)24-27(20)12-11-25-7-9-26(10-8-25)15-17-13-22-16-23-14-17/h1-6,13-14,16H,7-12,15H2. The van der Waals surface area contributed by atoms with Gasteiger partial charge in [-0.3, -0.25) is 19.6 Å². The van der Waals surface area contributed by atoms with Crippen LogP contribution in [0.1, 0.15) is 5.56 Å². The Morgan fingerprint density at radius 3 is 2.29 bits per heavy atom. The van der Waals surface area contributed by atoms with Crippen LogP contribution in [0.4, 0.5) is 0 Å². The van der Waals surface area contributed by atoms with Gasteiger partial charge in [-0.2, -0.15) is 5.10 Å². The molecule has 0 spiro atoms. The number of hydrogen-bond acceptors (Lipinski definition) is 7. The molecular formula is C20H23N7O. The largest absolute Gasteiger partial charge is 0.299 e. The fraction of sp³-hybridized carbons (Fsp3) is 0.350. The minimum absolute atomic E-state index is 0.0690. The van der Waals surface area contributed by atoms with Crippen LogP contribution in [0.2, 0.25) is 0 Å². The molecule has 8 heteroatoms. The first-order valence-corrected chi connectivity index (χ1v) is 9.45. The summed E-state index contributed by atoms with van der Waals surface area (Å²) in [6.07, 6.45) is 8.75. The minimum Gasteiger partial charge on any atom is -0.299 e. The molecule has 3 aromatic rings. The lowest BCUT2D eigenvalue weighted by molar-refractivity contribution is 0.122. The SMILES string of the molecule is O=c1ccc(-c2ccncc2)nn1CCN1CCN(Cc2cncnc2)CC1. The molecule has 0 atom stereocenters. The second-order valence-electron chi connectivity index (χ2n) is 6.88. The monoisotopic (exact) mass is 377 g/mol. The van der Waals surface area contributed by atoms with Crippen LogP contribution in [0.25, 0.3) is 11.3 Å². The third-order valence-electron chi connectivity index (χ3n) is 4.96. The summed E-state index contributed by atoms with van der Waals surface area (Å²) < 4.78 is 1.56. The van der Waals surface area contributed by atoms with Gasteiger partial charge in [0.1, 0.15) is 6.33 Å². The smallest absolute Gasteiger partial charge is 0.266 e.